The van der Waals surface area contributed by atoms with Gasteiger partial charge in [-0.05, 0) is 31.9 Å². The Hall–Kier alpha value is -1.79. The van der Waals surface area contributed by atoms with E-state index in [1.165, 1.54) is 5.69 Å². The molecule has 1 unspecified atom stereocenters. The molecule has 1 heterocycles. The number of benzene rings is 1. The number of nitrogens with zero attached hydrogens (tertiary/aromatic N) is 3. The van der Waals surface area contributed by atoms with Gasteiger partial charge in [-0.3, -0.25) is 4.99 Å². The molecule has 0 saturated carbocycles. The van der Waals surface area contributed by atoms with Crippen LogP contribution in [0.1, 0.15) is 19.8 Å². The van der Waals surface area contributed by atoms with E-state index in [4.69, 9.17) is 14.5 Å². The molecule has 1 N–H and O–H groups in total. The zero-order chi connectivity index (χ0) is 19.3. The van der Waals surface area contributed by atoms with Crippen LogP contribution < -0.4 is 10.2 Å². The molecule has 0 amide bonds. The molecule has 1 aromatic carbocycles. The van der Waals surface area contributed by atoms with Gasteiger partial charge in [-0.2, -0.15) is 0 Å². The van der Waals surface area contributed by atoms with Gasteiger partial charge in [-0.25, -0.2) is 0 Å². The van der Waals surface area contributed by atoms with Crippen molar-refractivity contribution in [2.24, 2.45) is 10.9 Å². The number of hydrogen-bond donors (Lipinski definition) is 1. The van der Waals surface area contributed by atoms with Crippen LogP contribution in [0.4, 0.5) is 5.69 Å². The molecule has 0 spiro atoms. The van der Waals surface area contributed by atoms with Crippen molar-refractivity contribution in [1.82, 2.24) is 10.2 Å². The summed E-state index contributed by atoms with van der Waals surface area (Å²) in [6.45, 7) is 9.08. The number of ether oxygens (including phenoxy) is 2. The van der Waals surface area contributed by atoms with E-state index in [1.807, 2.05) is 0 Å². The molecule has 2 rings (SSSR count). The van der Waals surface area contributed by atoms with Gasteiger partial charge in [0, 0.05) is 58.5 Å². The van der Waals surface area contributed by atoms with Gasteiger partial charge in [0.05, 0.1) is 19.8 Å². The van der Waals surface area contributed by atoms with Gasteiger partial charge in [-0.1, -0.05) is 18.2 Å². The van der Waals surface area contributed by atoms with Crippen LogP contribution in [0, 0.1) is 5.92 Å². The molecule has 1 aromatic rings. The first kappa shape index (κ1) is 21.5. The van der Waals surface area contributed by atoms with Crippen LogP contribution in [0.15, 0.2) is 35.3 Å². The van der Waals surface area contributed by atoms with Crippen LogP contribution in [0.2, 0.25) is 0 Å². The summed E-state index contributed by atoms with van der Waals surface area (Å²) in [7, 11) is 3.84. The molecule has 1 aliphatic rings. The second kappa shape index (κ2) is 12.6. The van der Waals surface area contributed by atoms with Crippen molar-refractivity contribution in [2.45, 2.75) is 19.8 Å². The van der Waals surface area contributed by atoms with Crippen molar-refractivity contribution in [3.8, 4) is 0 Å². The first-order valence-electron chi connectivity index (χ1n) is 10.1. The number of para-hydroxylation sites is 1. The first-order chi connectivity index (χ1) is 13.2. The van der Waals surface area contributed by atoms with E-state index in [-0.39, 0.29) is 0 Å². The molecule has 1 aliphatic heterocycles. The summed E-state index contributed by atoms with van der Waals surface area (Å²) in [5.41, 5.74) is 1.25. The smallest absolute Gasteiger partial charge is 0.193 e. The Balaban J connectivity index is 1.73. The maximum Gasteiger partial charge on any atom is 0.193 e. The highest BCUT2D eigenvalue weighted by Crippen LogP contribution is 2.17. The van der Waals surface area contributed by atoms with Gasteiger partial charge in [-0.15, -0.1) is 0 Å². The lowest BCUT2D eigenvalue weighted by Gasteiger charge is -2.22. The minimum absolute atomic E-state index is 0.579. The summed E-state index contributed by atoms with van der Waals surface area (Å²) >= 11 is 0. The average molecular weight is 377 g/mol. The van der Waals surface area contributed by atoms with E-state index in [9.17, 15) is 0 Å². The number of methoxy groups -OCH3 is 1. The lowest BCUT2D eigenvalue weighted by atomic mass is 10.1. The Morgan fingerprint density at radius 1 is 1.30 bits per heavy atom. The van der Waals surface area contributed by atoms with Crippen molar-refractivity contribution in [1.29, 1.82) is 0 Å². The SMILES string of the molecule is CCNC(=NCCCN(C)c1ccccc1)N1CCC(COCCOC)C1. The lowest BCUT2D eigenvalue weighted by Crippen LogP contribution is -2.40. The molecule has 0 bridgehead atoms. The van der Waals surface area contributed by atoms with Crippen molar-refractivity contribution in [3.63, 3.8) is 0 Å². The normalized spacial score (nSPS) is 17.4. The van der Waals surface area contributed by atoms with Gasteiger partial charge in [0.2, 0.25) is 0 Å². The van der Waals surface area contributed by atoms with E-state index in [0.29, 0.717) is 19.1 Å². The van der Waals surface area contributed by atoms with E-state index >= 15 is 0 Å². The molecular weight excluding hydrogens is 340 g/mol. The van der Waals surface area contributed by atoms with Gasteiger partial charge < -0.3 is 24.6 Å². The second-order valence-electron chi connectivity index (χ2n) is 7.01. The monoisotopic (exact) mass is 376 g/mol. The minimum atomic E-state index is 0.579. The van der Waals surface area contributed by atoms with E-state index < -0.39 is 0 Å². The third kappa shape index (κ3) is 7.77. The van der Waals surface area contributed by atoms with Crippen molar-refractivity contribution < 1.29 is 9.47 Å². The van der Waals surface area contributed by atoms with E-state index in [0.717, 1.165) is 58.1 Å². The number of aliphatic imine (C=N–C) groups is 1. The molecule has 1 fully saturated rings. The van der Waals surface area contributed by atoms with Gasteiger partial charge in [0.15, 0.2) is 5.96 Å². The van der Waals surface area contributed by atoms with Crippen molar-refractivity contribution in [3.05, 3.63) is 30.3 Å². The van der Waals surface area contributed by atoms with Crippen LogP contribution >= 0.6 is 0 Å². The Kier molecular flexibility index (Phi) is 10.0. The fourth-order valence-corrected chi connectivity index (χ4v) is 3.28. The Labute approximate surface area is 164 Å². The fraction of sp³-hybridized carbons (Fsp3) is 0.667. The molecule has 1 atom stereocenters. The highest BCUT2D eigenvalue weighted by atomic mass is 16.5. The molecule has 0 aromatic heterocycles. The highest BCUT2D eigenvalue weighted by molar-refractivity contribution is 5.80. The standard InChI is InChI=1S/C21H36N4O2/c1-4-22-21(25-14-11-19(17-25)18-27-16-15-26-3)23-12-8-13-24(2)20-9-6-5-7-10-20/h5-7,9-10,19H,4,8,11-18H2,1-3H3,(H,22,23). The highest BCUT2D eigenvalue weighted by Gasteiger charge is 2.24. The maximum absolute atomic E-state index is 5.70. The third-order valence-corrected chi connectivity index (χ3v) is 4.82. The Bertz CT molecular complexity index is 538. The van der Waals surface area contributed by atoms with E-state index in [1.54, 1.807) is 7.11 Å². The predicted molar refractivity (Wildman–Crippen MR) is 113 cm³/mol. The minimum Gasteiger partial charge on any atom is -0.382 e. The summed E-state index contributed by atoms with van der Waals surface area (Å²) in [4.78, 5) is 9.50. The number of anilines is 1. The molecule has 152 valence electrons. The van der Waals surface area contributed by atoms with Crippen LogP contribution in [0.25, 0.3) is 0 Å². The predicted octanol–water partition coefficient (Wildman–Crippen LogP) is 2.46. The van der Waals surface area contributed by atoms with Crippen LogP contribution in [0.5, 0.6) is 0 Å². The number of rotatable bonds is 11. The quantitative estimate of drug-likeness (QED) is 0.365. The number of hydrogen-bond acceptors (Lipinski definition) is 4. The molecule has 6 nitrogen and oxygen atoms in total. The molecular formula is C21H36N4O2. The second-order valence-corrected chi connectivity index (χ2v) is 7.01. The van der Waals surface area contributed by atoms with E-state index in [2.05, 4.69) is 59.4 Å². The largest absolute Gasteiger partial charge is 0.382 e. The number of nitrogens with one attached hydrogen (secondary N) is 1. The summed E-state index contributed by atoms with van der Waals surface area (Å²) in [6.07, 6.45) is 2.20. The molecule has 0 aliphatic carbocycles. The maximum atomic E-state index is 5.70. The topological polar surface area (TPSA) is 49.3 Å². The Morgan fingerprint density at radius 2 is 2.11 bits per heavy atom. The van der Waals surface area contributed by atoms with Gasteiger partial charge >= 0.3 is 0 Å². The van der Waals surface area contributed by atoms with Gasteiger partial charge in [0.1, 0.15) is 0 Å². The third-order valence-electron chi connectivity index (χ3n) is 4.82. The molecule has 6 heteroatoms. The van der Waals surface area contributed by atoms with Gasteiger partial charge in [0.25, 0.3) is 0 Å². The zero-order valence-electron chi connectivity index (χ0n) is 17.2. The fourth-order valence-electron chi connectivity index (χ4n) is 3.28. The Morgan fingerprint density at radius 3 is 2.85 bits per heavy atom. The van der Waals surface area contributed by atoms with Crippen molar-refractivity contribution >= 4 is 11.6 Å². The summed E-state index contributed by atoms with van der Waals surface area (Å²) in [5.74, 6) is 1.62. The van der Waals surface area contributed by atoms with Crippen LogP contribution in [0.3, 0.4) is 0 Å². The van der Waals surface area contributed by atoms with Crippen LogP contribution in [-0.2, 0) is 9.47 Å². The van der Waals surface area contributed by atoms with Crippen LogP contribution in [-0.4, -0.2) is 77.6 Å². The molecule has 0 radical (unpaired) electrons. The van der Waals surface area contributed by atoms with Crippen molar-refractivity contribution in [2.75, 3.05) is 71.6 Å². The first-order valence-corrected chi connectivity index (χ1v) is 10.1. The molecule has 27 heavy (non-hydrogen) atoms. The summed E-state index contributed by atoms with van der Waals surface area (Å²) < 4.78 is 10.7. The zero-order valence-corrected chi connectivity index (χ0v) is 17.2. The summed E-state index contributed by atoms with van der Waals surface area (Å²) in [5, 5.41) is 3.44. The number of likely N-dealkylation sites (tertiary alicyclic amines) is 1. The number of guanidine groups is 1. The summed E-state index contributed by atoms with van der Waals surface area (Å²) in [6, 6.07) is 10.5. The average Bonchev–Trinajstić information content (AvgIpc) is 3.17. The molecule has 1 saturated heterocycles. The lowest BCUT2D eigenvalue weighted by molar-refractivity contribution is 0.0536.